The molecule has 1 aliphatic heterocycles. The molecule has 1 saturated heterocycles. The molecule has 1 unspecified atom stereocenters. The van der Waals surface area contributed by atoms with Crippen LogP contribution < -0.4 is 5.73 Å². The summed E-state index contributed by atoms with van der Waals surface area (Å²) in [5, 5.41) is 0. The van der Waals surface area contributed by atoms with Crippen LogP contribution in [-0.2, 0) is 20.8 Å². The third kappa shape index (κ3) is 3.55. The van der Waals surface area contributed by atoms with Crippen molar-refractivity contribution in [3.05, 3.63) is 18.0 Å². The van der Waals surface area contributed by atoms with Gasteiger partial charge in [-0.25, -0.2) is 4.79 Å². The number of carbonyl (C=O) groups is 2. The number of esters is 1. The van der Waals surface area contributed by atoms with Gasteiger partial charge < -0.3 is 24.7 Å². The lowest BCUT2D eigenvalue weighted by Gasteiger charge is -2.28. The van der Waals surface area contributed by atoms with E-state index in [4.69, 9.17) is 15.2 Å². The van der Waals surface area contributed by atoms with Gasteiger partial charge in [-0.2, -0.15) is 0 Å². The number of aryl methyl sites for hydroxylation is 1. The standard InChI is InChI=1S/C14H21N3O4/c1-3-16-9-11(15)8-12(16)14(19)21-10(2)13(18)17-4-6-20-7-5-17/h8-10H,3-7,15H2,1-2H3. The molecule has 0 aromatic carbocycles. The maximum atomic E-state index is 12.2. The molecule has 2 heterocycles. The third-order valence-corrected chi connectivity index (χ3v) is 3.42. The molecule has 1 fully saturated rings. The maximum absolute atomic E-state index is 12.2. The van der Waals surface area contributed by atoms with E-state index in [0.29, 0.717) is 44.2 Å². The van der Waals surface area contributed by atoms with Gasteiger partial charge in [0, 0.05) is 25.8 Å². The van der Waals surface area contributed by atoms with Gasteiger partial charge in [0.1, 0.15) is 5.69 Å². The van der Waals surface area contributed by atoms with Crippen molar-refractivity contribution in [1.82, 2.24) is 9.47 Å². The molecule has 1 amide bonds. The van der Waals surface area contributed by atoms with E-state index in [2.05, 4.69) is 0 Å². The van der Waals surface area contributed by atoms with Gasteiger partial charge in [0.25, 0.3) is 5.91 Å². The van der Waals surface area contributed by atoms with E-state index in [-0.39, 0.29) is 5.91 Å². The van der Waals surface area contributed by atoms with Crippen LogP contribution in [0.3, 0.4) is 0 Å². The summed E-state index contributed by atoms with van der Waals surface area (Å²) in [6, 6.07) is 1.55. The van der Waals surface area contributed by atoms with E-state index in [0.717, 1.165) is 0 Å². The fraction of sp³-hybridized carbons (Fsp3) is 0.571. The Morgan fingerprint density at radius 3 is 2.71 bits per heavy atom. The number of carbonyl (C=O) groups excluding carboxylic acids is 2. The molecule has 2 N–H and O–H groups in total. The van der Waals surface area contributed by atoms with Crippen molar-refractivity contribution in [3.63, 3.8) is 0 Å². The van der Waals surface area contributed by atoms with Crippen molar-refractivity contribution >= 4 is 17.6 Å². The molecule has 1 atom stereocenters. The molecule has 1 aliphatic rings. The predicted octanol–water partition coefficient (Wildman–Crippen LogP) is 0.494. The topological polar surface area (TPSA) is 86.8 Å². The molecule has 0 radical (unpaired) electrons. The number of anilines is 1. The van der Waals surface area contributed by atoms with E-state index in [1.165, 1.54) is 0 Å². The maximum Gasteiger partial charge on any atom is 0.355 e. The molecule has 2 rings (SSSR count). The van der Waals surface area contributed by atoms with Crippen LogP contribution >= 0.6 is 0 Å². The molecule has 116 valence electrons. The molecular formula is C14H21N3O4. The largest absolute Gasteiger partial charge is 0.448 e. The highest BCUT2D eigenvalue weighted by atomic mass is 16.5. The van der Waals surface area contributed by atoms with E-state index < -0.39 is 12.1 Å². The van der Waals surface area contributed by atoms with Crippen molar-refractivity contribution in [2.75, 3.05) is 32.0 Å². The molecule has 0 spiro atoms. The Bertz CT molecular complexity index is 520. The summed E-state index contributed by atoms with van der Waals surface area (Å²) in [5.41, 5.74) is 6.54. The Morgan fingerprint density at radius 1 is 1.43 bits per heavy atom. The minimum absolute atomic E-state index is 0.200. The van der Waals surface area contributed by atoms with Gasteiger partial charge in [0.2, 0.25) is 0 Å². The molecule has 1 aromatic rings. The zero-order valence-electron chi connectivity index (χ0n) is 12.4. The van der Waals surface area contributed by atoms with Crippen LogP contribution in [0, 0.1) is 0 Å². The highest BCUT2D eigenvalue weighted by molar-refractivity contribution is 5.92. The summed E-state index contributed by atoms with van der Waals surface area (Å²) in [4.78, 5) is 26.0. The Kier molecular flexibility index (Phi) is 4.85. The first-order valence-corrected chi connectivity index (χ1v) is 7.06. The summed E-state index contributed by atoms with van der Waals surface area (Å²) >= 11 is 0. The summed E-state index contributed by atoms with van der Waals surface area (Å²) in [6.45, 7) is 6.17. The fourth-order valence-corrected chi connectivity index (χ4v) is 2.28. The van der Waals surface area contributed by atoms with Crippen LogP contribution in [0.2, 0.25) is 0 Å². The van der Waals surface area contributed by atoms with Gasteiger partial charge in [-0.15, -0.1) is 0 Å². The van der Waals surface area contributed by atoms with Gasteiger partial charge in [-0.05, 0) is 19.9 Å². The van der Waals surface area contributed by atoms with Crippen molar-refractivity contribution in [3.8, 4) is 0 Å². The number of aromatic nitrogens is 1. The first-order valence-electron chi connectivity index (χ1n) is 7.06. The van der Waals surface area contributed by atoms with Crippen molar-refractivity contribution in [1.29, 1.82) is 0 Å². The molecule has 21 heavy (non-hydrogen) atoms. The zero-order chi connectivity index (χ0) is 15.4. The fourth-order valence-electron chi connectivity index (χ4n) is 2.28. The van der Waals surface area contributed by atoms with Crippen LogP contribution in [0.25, 0.3) is 0 Å². The van der Waals surface area contributed by atoms with Crippen LogP contribution in [0.15, 0.2) is 12.3 Å². The van der Waals surface area contributed by atoms with E-state index in [1.807, 2.05) is 6.92 Å². The SMILES string of the molecule is CCn1cc(N)cc1C(=O)OC(C)C(=O)N1CCOCC1. The van der Waals surface area contributed by atoms with Crippen LogP contribution in [-0.4, -0.2) is 53.8 Å². The second kappa shape index (κ2) is 6.62. The van der Waals surface area contributed by atoms with Crippen molar-refractivity contribution < 1.29 is 19.1 Å². The Morgan fingerprint density at radius 2 is 2.10 bits per heavy atom. The average molecular weight is 295 g/mol. The number of hydrogen-bond donors (Lipinski definition) is 1. The number of nitrogens with two attached hydrogens (primary N) is 1. The first kappa shape index (κ1) is 15.4. The Balaban J connectivity index is 1.99. The quantitative estimate of drug-likeness (QED) is 0.817. The molecule has 0 saturated carbocycles. The second-order valence-electron chi connectivity index (χ2n) is 4.93. The zero-order valence-corrected chi connectivity index (χ0v) is 12.4. The highest BCUT2D eigenvalue weighted by Gasteiger charge is 2.26. The van der Waals surface area contributed by atoms with E-state index in [9.17, 15) is 9.59 Å². The minimum Gasteiger partial charge on any atom is -0.448 e. The number of nitrogens with zero attached hydrogens (tertiary/aromatic N) is 2. The first-order chi connectivity index (χ1) is 10.0. The van der Waals surface area contributed by atoms with Crippen LogP contribution in [0.1, 0.15) is 24.3 Å². The smallest absolute Gasteiger partial charge is 0.355 e. The normalized spacial score (nSPS) is 16.6. The lowest BCUT2D eigenvalue weighted by atomic mass is 10.3. The van der Waals surface area contributed by atoms with E-state index in [1.54, 1.807) is 28.7 Å². The summed E-state index contributed by atoms with van der Waals surface area (Å²) < 4.78 is 12.2. The minimum atomic E-state index is -0.822. The monoisotopic (exact) mass is 295 g/mol. The van der Waals surface area contributed by atoms with Gasteiger partial charge in [0.05, 0.1) is 18.9 Å². The molecule has 1 aromatic heterocycles. The average Bonchev–Trinajstić information content (AvgIpc) is 2.88. The predicted molar refractivity (Wildman–Crippen MR) is 76.8 cm³/mol. The highest BCUT2D eigenvalue weighted by Crippen LogP contribution is 2.13. The Hall–Kier alpha value is -2.02. The lowest BCUT2D eigenvalue weighted by Crippen LogP contribution is -2.46. The summed E-state index contributed by atoms with van der Waals surface area (Å²) in [5.74, 6) is -0.739. The lowest BCUT2D eigenvalue weighted by molar-refractivity contribution is -0.143. The van der Waals surface area contributed by atoms with Gasteiger partial charge in [-0.1, -0.05) is 0 Å². The summed E-state index contributed by atoms with van der Waals surface area (Å²) in [7, 11) is 0. The molecule has 7 heteroatoms. The number of ether oxygens (including phenoxy) is 2. The van der Waals surface area contributed by atoms with Crippen LogP contribution in [0.5, 0.6) is 0 Å². The van der Waals surface area contributed by atoms with Gasteiger partial charge >= 0.3 is 5.97 Å². The molecule has 0 bridgehead atoms. The number of morpholine rings is 1. The number of nitrogen functional groups attached to an aromatic ring is 1. The molecule has 0 aliphatic carbocycles. The summed E-state index contributed by atoms with van der Waals surface area (Å²) in [6.07, 6.45) is 0.849. The van der Waals surface area contributed by atoms with Crippen molar-refractivity contribution in [2.24, 2.45) is 0 Å². The second-order valence-corrected chi connectivity index (χ2v) is 4.93. The third-order valence-electron chi connectivity index (χ3n) is 3.42. The number of hydrogen-bond acceptors (Lipinski definition) is 5. The van der Waals surface area contributed by atoms with Crippen molar-refractivity contribution in [2.45, 2.75) is 26.5 Å². The van der Waals surface area contributed by atoms with Gasteiger partial charge in [-0.3, -0.25) is 4.79 Å². The van der Waals surface area contributed by atoms with Gasteiger partial charge in [0.15, 0.2) is 6.10 Å². The molecular weight excluding hydrogens is 274 g/mol. The van der Waals surface area contributed by atoms with Crippen LogP contribution in [0.4, 0.5) is 5.69 Å². The number of rotatable bonds is 4. The Labute approximate surface area is 123 Å². The number of amides is 1. The molecule has 7 nitrogen and oxygen atoms in total. The van der Waals surface area contributed by atoms with E-state index >= 15 is 0 Å².